The van der Waals surface area contributed by atoms with Gasteiger partial charge in [-0.2, -0.15) is 0 Å². The SMILES string of the molecule is CC/C=C\C/C=C\C/C=C\C/C=C\C/C=C\CCCCCCCCCCCCCC(=O)OCC(COC(=O)CCCCCCCCCC)OC(=O)CCCCCCCCCCCCCC/C=C\C/C=C\C/C=C\C/C=C\CC. The van der Waals surface area contributed by atoms with Crippen molar-refractivity contribution in [3.63, 3.8) is 0 Å². The normalized spacial score (nSPS) is 12.8. The Morgan fingerprint density at radius 3 is 0.782 bits per heavy atom. The van der Waals surface area contributed by atoms with Crippen LogP contribution >= 0.6 is 0 Å². The number of unbranched alkanes of at least 4 members (excludes halogenated alkanes) is 30. The molecule has 1 unspecified atom stereocenters. The summed E-state index contributed by atoms with van der Waals surface area (Å²) in [5.74, 6) is -0.878. The molecule has 0 saturated carbocycles. The molecule has 0 fully saturated rings. The Labute approximate surface area is 482 Å². The highest BCUT2D eigenvalue weighted by Crippen LogP contribution is 2.17. The Kier molecular flexibility index (Phi) is 62.3. The van der Waals surface area contributed by atoms with E-state index in [4.69, 9.17) is 14.2 Å². The number of hydrogen-bond acceptors (Lipinski definition) is 6. The minimum absolute atomic E-state index is 0.0774. The van der Waals surface area contributed by atoms with Crippen molar-refractivity contribution in [1.82, 2.24) is 0 Å². The van der Waals surface area contributed by atoms with Gasteiger partial charge < -0.3 is 14.2 Å². The molecule has 0 heterocycles. The molecule has 78 heavy (non-hydrogen) atoms. The first-order chi connectivity index (χ1) is 38.5. The highest BCUT2D eigenvalue weighted by atomic mass is 16.6. The van der Waals surface area contributed by atoms with Crippen LogP contribution < -0.4 is 0 Å². The van der Waals surface area contributed by atoms with Crippen LogP contribution in [0.25, 0.3) is 0 Å². The second-order valence-corrected chi connectivity index (χ2v) is 21.6. The van der Waals surface area contributed by atoms with E-state index in [0.29, 0.717) is 19.3 Å². The third kappa shape index (κ3) is 62.9. The molecule has 0 N–H and O–H groups in total. The van der Waals surface area contributed by atoms with Crippen molar-refractivity contribution in [3.05, 3.63) is 109 Å². The van der Waals surface area contributed by atoms with Crippen molar-refractivity contribution in [3.8, 4) is 0 Å². The summed E-state index contributed by atoms with van der Waals surface area (Å²) in [5.41, 5.74) is 0. The fourth-order valence-corrected chi connectivity index (χ4v) is 9.17. The lowest BCUT2D eigenvalue weighted by atomic mass is 10.0. The smallest absolute Gasteiger partial charge is 0.306 e. The van der Waals surface area contributed by atoms with E-state index in [9.17, 15) is 14.4 Å². The largest absolute Gasteiger partial charge is 0.462 e. The average Bonchev–Trinajstić information content (AvgIpc) is 3.44. The molecule has 0 aromatic heterocycles. The van der Waals surface area contributed by atoms with E-state index < -0.39 is 6.10 Å². The Bertz CT molecular complexity index is 1570. The van der Waals surface area contributed by atoms with Crippen LogP contribution in [-0.4, -0.2) is 37.2 Å². The maximum absolute atomic E-state index is 12.9. The molecule has 0 saturated heterocycles. The van der Waals surface area contributed by atoms with Crippen LogP contribution in [-0.2, 0) is 28.6 Å². The van der Waals surface area contributed by atoms with Gasteiger partial charge in [0.05, 0.1) is 0 Å². The van der Waals surface area contributed by atoms with E-state index in [1.165, 1.54) is 154 Å². The summed E-state index contributed by atoms with van der Waals surface area (Å²) in [6.07, 6.45) is 89.7. The van der Waals surface area contributed by atoms with Crippen LogP contribution in [0, 0.1) is 0 Å². The molecule has 0 spiro atoms. The number of carbonyl (C=O) groups is 3. The van der Waals surface area contributed by atoms with Crippen LogP contribution in [0.1, 0.15) is 310 Å². The van der Waals surface area contributed by atoms with Crippen molar-refractivity contribution < 1.29 is 28.6 Å². The molecule has 446 valence electrons. The third-order valence-corrected chi connectivity index (χ3v) is 14.0. The third-order valence-electron chi connectivity index (χ3n) is 14.0. The topological polar surface area (TPSA) is 78.9 Å². The predicted octanol–water partition coefficient (Wildman–Crippen LogP) is 22.6. The first-order valence-electron chi connectivity index (χ1n) is 32.9. The fourth-order valence-electron chi connectivity index (χ4n) is 9.17. The Morgan fingerprint density at radius 1 is 0.269 bits per heavy atom. The number of carbonyl (C=O) groups excluding carboxylic acids is 3. The Morgan fingerprint density at radius 2 is 0.500 bits per heavy atom. The number of rotatable bonds is 59. The van der Waals surface area contributed by atoms with Gasteiger partial charge in [-0.3, -0.25) is 14.4 Å². The summed E-state index contributed by atoms with van der Waals surface area (Å²) in [6, 6.07) is 0. The number of allylic oxidation sites excluding steroid dienone is 18. The van der Waals surface area contributed by atoms with Gasteiger partial charge in [-0.25, -0.2) is 0 Å². The molecule has 0 aliphatic heterocycles. The first kappa shape index (κ1) is 74.1. The van der Waals surface area contributed by atoms with E-state index in [1.54, 1.807) is 0 Å². The van der Waals surface area contributed by atoms with Crippen molar-refractivity contribution >= 4 is 17.9 Å². The van der Waals surface area contributed by atoms with Gasteiger partial charge in [0.15, 0.2) is 6.10 Å². The molecule has 0 aromatic carbocycles. The summed E-state index contributed by atoms with van der Waals surface area (Å²) < 4.78 is 16.9. The van der Waals surface area contributed by atoms with Gasteiger partial charge in [0.1, 0.15) is 13.2 Å². The zero-order valence-corrected chi connectivity index (χ0v) is 51.2. The van der Waals surface area contributed by atoms with Crippen molar-refractivity contribution in [2.45, 2.75) is 316 Å². The molecule has 6 heteroatoms. The summed E-state index contributed by atoms with van der Waals surface area (Å²) in [5, 5.41) is 0. The lowest BCUT2D eigenvalue weighted by molar-refractivity contribution is -0.167. The molecule has 0 bridgehead atoms. The molecule has 0 aromatic rings. The Balaban J connectivity index is 4.17. The van der Waals surface area contributed by atoms with Gasteiger partial charge in [0, 0.05) is 19.3 Å². The van der Waals surface area contributed by atoms with Crippen LogP contribution in [0.15, 0.2) is 109 Å². The summed E-state index contributed by atoms with van der Waals surface area (Å²) >= 11 is 0. The van der Waals surface area contributed by atoms with Crippen LogP contribution in [0.2, 0.25) is 0 Å². The minimum Gasteiger partial charge on any atom is -0.462 e. The maximum Gasteiger partial charge on any atom is 0.306 e. The van der Waals surface area contributed by atoms with E-state index >= 15 is 0 Å². The molecular weight excluding hydrogens is 961 g/mol. The monoisotopic (exact) mass is 1080 g/mol. The molecule has 0 amide bonds. The second kappa shape index (κ2) is 65.6. The van der Waals surface area contributed by atoms with Crippen LogP contribution in [0.4, 0.5) is 0 Å². The maximum atomic E-state index is 12.9. The van der Waals surface area contributed by atoms with E-state index in [0.717, 1.165) is 116 Å². The minimum atomic E-state index is -0.779. The zero-order valence-electron chi connectivity index (χ0n) is 51.2. The lowest BCUT2D eigenvalue weighted by Crippen LogP contribution is -2.30. The number of hydrogen-bond donors (Lipinski definition) is 0. The lowest BCUT2D eigenvalue weighted by Gasteiger charge is -2.18. The van der Waals surface area contributed by atoms with Gasteiger partial charge in [0.25, 0.3) is 0 Å². The molecule has 6 nitrogen and oxygen atoms in total. The molecule has 0 aliphatic rings. The van der Waals surface area contributed by atoms with Gasteiger partial charge in [0.2, 0.25) is 0 Å². The van der Waals surface area contributed by atoms with Crippen molar-refractivity contribution in [1.29, 1.82) is 0 Å². The fraction of sp³-hybridized carbons (Fsp3) is 0.708. The van der Waals surface area contributed by atoms with Crippen LogP contribution in [0.5, 0.6) is 0 Å². The van der Waals surface area contributed by atoms with Crippen molar-refractivity contribution in [2.75, 3.05) is 13.2 Å². The van der Waals surface area contributed by atoms with Gasteiger partial charge in [-0.15, -0.1) is 0 Å². The van der Waals surface area contributed by atoms with Gasteiger partial charge in [-0.05, 0) is 103 Å². The summed E-state index contributed by atoms with van der Waals surface area (Å²) in [7, 11) is 0. The van der Waals surface area contributed by atoms with Gasteiger partial charge in [-0.1, -0.05) is 297 Å². The van der Waals surface area contributed by atoms with E-state index in [2.05, 4.69) is 130 Å². The van der Waals surface area contributed by atoms with Crippen molar-refractivity contribution in [2.24, 2.45) is 0 Å². The molecule has 0 radical (unpaired) electrons. The van der Waals surface area contributed by atoms with E-state index in [1.807, 2.05) is 0 Å². The zero-order chi connectivity index (χ0) is 56.4. The summed E-state index contributed by atoms with van der Waals surface area (Å²) in [4.78, 5) is 38.2. The molecular formula is C72H122O6. The average molecular weight is 1080 g/mol. The van der Waals surface area contributed by atoms with Crippen LogP contribution in [0.3, 0.4) is 0 Å². The molecule has 1 atom stereocenters. The highest BCUT2D eigenvalue weighted by Gasteiger charge is 2.19. The number of esters is 3. The standard InChI is InChI=1S/C72H122O6/c1-4-7-10-13-16-19-21-23-25-27-29-31-33-35-36-38-39-41-43-45-47-49-51-53-56-59-62-65-71(74)77-68-69(67-76-70(73)64-61-58-55-18-15-12-9-6-3)78-72(75)66-63-60-57-54-52-50-48-46-44-42-40-37-34-32-30-28-26-24-22-20-17-14-11-8-5-2/h7-8,10-11,16-17,19-20,23-26,29-32,35-36,69H,4-6,9,12-15,18,21-22,27-28,33-34,37-68H2,1-3H3/b10-7-,11-8-,19-16-,20-17-,25-23-,26-24-,31-29-,32-30-,36-35-. The second-order valence-electron chi connectivity index (χ2n) is 21.6. The number of ether oxygens (including phenoxy) is 3. The van der Waals surface area contributed by atoms with E-state index in [-0.39, 0.29) is 31.1 Å². The molecule has 0 aliphatic carbocycles. The summed E-state index contributed by atoms with van der Waals surface area (Å²) in [6.45, 7) is 6.41. The molecule has 0 rings (SSSR count). The highest BCUT2D eigenvalue weighted by molar-refractivity contribution is 5.71. The van der Waals surface area contributed by atoms with Gasteiger partial charge >= 0.3 is 17.9 Å². The predicted molar refractivity (Wildman–Crippen MR) is 339 cm³/mol. The quantitative estimate of drug-likeness (QED) is 0.0261. The first-order valence-corrected chi connectivity index (χ1v) is 32.9. The Hall–Kier alpha value is -3.93.